The zero-order valence-electron chi connectivity index (χ0n) is 9.17. The van der Waals surface area contributed by atoms with Crippen LogP contribution in [0.15, 0.2) is 24.3 Å². The van der Waals surface area contributed by atoms with Crippen molar-refractivity contribution in [3.8, 4) is 11.5 Å². The number of ether oxygens (including phenoxy) is 3. The van der Waals surface area contributed by atoms with Gasteiger partial charge in [-0.3, -0.25) is 4.79 Å². The normalized spacial score (nSPS) is 11.9. The van der Waals surface area contributed by atoms with E-state index in [-0.39, 0.29) is 12.4 Å². The highest BCUT2D eigenvalue weighted by Crippen LogP contribution is 2.17. The van der Waals surface area contributed by atoms with Crippen LogP contribution in [0.5, 0.6) is 11.5 Å². The quantitative estimate of drug-likeness (QED) is 0.605. The molecule has 0 saturated heterocycles. The van der Waals surface area contributed by atoms with E-state index >= 15 is 0 Å². The number of carbonyl (C=O) groups excluding carboxylic acids is 1. The molecule has 16 heavy (non-hydrogen) atoms. The van der Waals surface area contributed by atoms with Gasteiger partial charge in [-0.15, -0.1) is 0 Å². The number of carbonyl (C=O) groups is 1. The molecule has 0 amide bonds. The van der Waals surface area contributed by atoms with Crippen molar-refractivity contribution in [2.24, 2.45) is 0 Å². The van der Waals surface area contributed by atoms with E-state index in [1.807, 2.05) is 0 Å². The summed E-state index contributed by atoms with van der Waals surface area (Å²) in [5.74, 6) is 0.287. The van der Waals surface area contributed by atoms with E-state index in [2.05, 4.69) is 0 Å². The maximum Gasteiger partial charge on any atom is 0.302 e. The van der Waals surface area contributed by atoms with Crippen LogP contribution >= 0.6 is 0 Å². The molecule has 0 aromatic heterocycles. The minimum atomic E-state index is -0.659. The van der Waals surface area contributed by atoms with E-state index in [1.54, 1.807) is 12.1 Å². The van der Waals surface area contributed by atoms with Gasteiger partial charge in [0, 0.05) is 14.0 Å². The maximum absolute atomic E-state index is 10.6. The smallest absolute Gasteiger partial charge is 0.302 e. The van der Waals surface area contributed by atoms with E-state index in [0.29, 0.717) is 5.75 Å². The van der Waals surface area contributed by atoms with Gasteiger partial charge in [0.25, 0.3) is 0 Å². The number of hydrogen-bond donors (Lipinski definition) is 1. The highest BCUT2D eigenvalue weighted by atomic mass is 16.7. The molecule has 0 aliphatic carbocycles. The fourth-order valence-corrected chi connectivity index (χ4v) is 1.01. The monoisotopic (exact) mass is 226 g/mol. The van der Waals surface area contributed by atoms with Crippen molar-refractivity contribution in [3.63, 3.8) is 0 Å². The largest absolute Gasteiger partial charge is 0.508 e. The predicted molar refractivity (Wildman–Crippen MR) is 56.2 cm³/mol. The molecule has 0 bridgehead atoms. The molecule has 0 heterocycles. The van der Waals surface area contributed by atoms with Crippen LogP contribution in [0.1, 0.15) is 6.92 Å². The molecule has 0 spiro atoms. The molecule has 1 atom stereocenters. The molecule has 88 valence electrons. The van der Waals surface area contributed by atoms with E-state index in [9.17, 15) is 4.79 Å². The average molecular weight is 226 g/mol. The number of hydrogen-bond acceptors (Lipinski definition) is 5. The van der Waals surface area contributed by atoms with E-state index in [4.69, 9.17) is 19.3 Å². The number of benzene rings is 1. The molecule has 5 heteroatoms. The second kappa shape index (κ2) is 5.97. The molecule has 0 fully saturated rings. The van der Waals surface area contributed by atoms with E-state index < -0.39 is 12.3 Å². The van der Waals surface area contributed by atoms with Gasteiger partial charge in [0.05, 0.1) is 0 Å². The molecule has 0 aliphatic rings. The number of phenols is 1. The first-order valence-electron chi connectivity index (χ1n) is 4.73. The third-order valence-electron chi connectivity index (χ3n) is 1.79. The molecular weight excluding hydrogens is 212 g/mol. The van der Waals surface area contributed by atoms with Crippen LogP contribution in [-0.4, -0.2) is 31.1 Å². The van der Waals surface area contributed by atoms with Crippen LogP contribution in [0, 0.1) is 0 Å². The Morgan fingerprint density at radius 2 is 2.00 bits per heavy atom. The Balaban J connectivity index is 2.49. The lowest BCUT2D eigenvalue weighted by molar-refractivity contribution is -0.154. The summed E-state index contributed by atoms with van der Waals surface area (Å²) < 4.78 is 15.1. The van der Waals surface area contributed by atoms with Crippen LogP contribution in [0.25, 0.3) is 0 Å². The van der Waals surface area contributed by atoms with Gasteiger partial charge in [-0.2, -0.15) is 0 Å². The second-order valence-corrected chi connectivity index (χ2v) is 3.08. The number of phenolic OH excluding ortho intramolecular Hbond substituents is 1. The van der Waals surface area contributed by atoms with Crippen molar-refractivity contribution < 1.29 is 24.1 Å². The summed E-state index contributed by atoms with van der Waals surface area (Å²) in [7, 11) is 1.45. The Morgan fingerprint density at radius 3 is 2.50 bits per heavy atom. The third kappa shape index (κ3) is 4.18. The zero-order chi connectivity index (χ0) is 12.0. The van der Waals surface area contributed by atoms with Gasteiger partial charge in [0.2, 0.25) is 6.29 Å². The number of rotatable bonds is 5. The van der Waals surface area contributed by atoms with Crippen LogP contribution in [-0.2, 0) is 14.3 Å². The van der Waals surface area contributed by atoms with E-state index in [0.717, 1.165) is 0 Å². The lowest BCUT2D eigenvalue weighted by Crippen LogP contribution is -2.26. The molecule has 1 N–H and O–H groups in total. The molecule has 0 aliphatic heterocycles. The molecule has 1 aromatic carbocycles. The summed E-state index contributed by atoms with van der Waals surface area (Å²) in [4.78, 5) is 10.6. The summed E-state index contributed by atoms with van der Waals surface area (Å²) in [6, 6.07) is 6.17. The minimum Gasteiger partial charge on any atom is -0.508 e. The van der Waals surface area contributed by atoms with Gasteiger partial charge < -0.3 is 19.3 Å². The Labute approximate surface area is 93.6 Å². The first kappa shape index (κ1) is 12.3. The summed E-state index contributed by atoms with van der Waals surface area (Å²) in [6.45, 7) is 1.33. The zero-order valence-corrected chi connectivity index (χ0v) is 9.17. The Morgan fingerprint density at radius 1 is 1.38 bits per heavy atom. The number of esters is 1. The van der Waals surface area contributed by atoms with Crippen molar-refractivity contribution >= 4 is 5.97 Å². The van der Waals surface area contributed by atoms with Gasteiger partial charge >= 0.3 is 5.97 Å². The Hall–Kier alpha value is -1.75. The maximum atomic E-state index is 10.6. The summed E-state index contributed by atoms with van der Waals surface area (Å²) in [5.41, 5.74) is 0. The SMILES string of the molecule is COC(COC(C)=O)Oc1ccc(O)cc1. The van der Waals surface area contributed by atoms with E-state index in [1.165, 1.54) is 26.2 Å². The van der Waals surface area contributed by atoms with Crippen molar-refractivity contribution in [2.75, 3.05) is 13.7 Å². The third-order valence-corrected chi connectivity index (χ3v) is 1.79. The molecule has 5 nitrogen and oxygen atoms in total. The lowest BCUT2D eigenvalue weighted by atomic mass is 10.3. The first-order valence-corrected chi connectivity index (χ1v) is 4.73. The summed E-state index contributed by atoms with van der Waals surface area (Å²) in [5, 5.41) is 9.07. The molecule has 1 aromatic rings. The number of aromatic hydroxyl groups is 1. The van der Waals surface area contributed by atoms with Gasteiger partial charge in [0.15, 0.2) is 6.61 Å². The summed E-state index contributed by atoms with van der Waals surface area (Å²) in [6.07, 6.45) is -0.659. The topological polar surface area (TPSA) is 65.0 Å². The van der Waals surface area contributed by atoms with Crippen molar-refractivity contribution in [1.29, 1.82) is 0 Å². The minimum absolute atomic E-state index is 0.0205. The molecular formula is C11H14O5. The Bertz CT molecular complexity index is 333. The molecule has 0 saturated carbocycles. The fraction of sp³-hybridized carbons (Fsp3) is 0.364. The fourth-order valence-electron chi connectivity index (χ4n) is 1.01. The van der Waals surface area contributed by atoms with Gasteiger partial charge in [-0.05, 0) is 24.3 Å². The first-order chi connectivity index (χ1) is 7.61. The van der Waals surface area contributed by atoms with Crippen LogP contribution in [0.3, 0.4) is 0 Å². The van der Waals surface area contributed by atoms with Crippen molar-refractivity contribution in [3.05, 3.63) is 24.3 Å². The summed E-state index contributed by atoms with van der Waals surface area (Å²) >= 11 is 0. The highest BCUT2D eigenvalue weighted by molar-refractivity contribution is 5.65. The molecule has 1 rings (SSSR count). The van der Waals surface area contributed by atoms with Gasteiger partial charge in [-0.1, -0.05) is 0 Å². The van der Waals surface area contributed by atoms with Crippen LogP contribution < -0.4 is 4.74 Å². The Kier molecular flexibility index (Phi) is 4.60. The van der Waals surface area contributed by atoms with Gasteiger partial charge in [-0.25, -0.2) is 0 Å². The van der Waals surface area contributed by atoms with Crippen LogP contribution in [0.4, 0.5) is 0 Å². The van der Waals surface area contributed by atoms with Crippen LogP contribution in [0.2, 0.25) is 0 Å². The second-order valence-electron chi connectivity index (χ2n) is 3.08. The molecule has 1 unspecified atom stereocenters. The van der Waals surface area contributed by atoms with Crippen molar-refractivity contribution in [1.82, 2.24) is 0 Å². The van der Waals surface area contributed by atoms with Gasteiger partial charge in [0.1, 0.15) is 11.5 Å². The van der Waals surface area contributed by atoms with Crippen molar-refractivity contribution in [2.45, 2.75) is 13.2 Å². The average Bonchev–Trinajstić information content (AvgIpc) is 2.26. The number of methoxy groups -OCH3 is 1. The highest BCUT2D eigenvalue weighted by Gasteiger charge is 2.10. The standard InChI is InChI=1S/C11H14O5/c1-8(12)15-7-11(14-2)16-10-5-3-9(13)4-6-10/h3-6,11,13H,7H2,1-2H3. The lowest BCUT2D eigenvalue weighted by Gasteiger charge is -2.16. The molecule has 0 radical (unpaired) electrons. The predicted octanol–water partition coefficient (Wildman–Crippen LogP) is 1.31.